The van der Waals surface area contributed by atoms with Crippen molar-refractivity contribution in [2.45, 2.75) is 32.1 Å². The van der Waals surface area contributed by atoms with Gasteiger partial charge < -0.3 is 5.32 Å². The zero-order valence-corrected chi connectivity index (χ0v) is 13.2. The van der Waals surface area contributed by atoms with E-state index in [-0.39, 0.29) is 5.78 Å². The zero-order valence-electron chi connectivity index (χ0n) is 13.2. The van der Waals surface area contributed by atoms with Crippen molar-refractivity contribution in [1.82, 2.24) is 9.97 Å². The van der Waals surface area contributed by atoms with Gasteiger partial charge in [0.25, 0.3) is 5.56 Å². The molecule has 1 atom stereocenters. The Morgan fingerprint density at radius 1 is 1.00 bits per heavy atom. The summed E-state index contributed by atoms with van der Waals surface area (Å²) in [4.78, 5) is 41.6. The van der Waals surface area contributed by atoms with Gasteiger partial charge in [-0.2, -0.15) is 0 Å². The van der Waals surface area contributed by atoms with Crippen molar-refractivity contribution < 1.29 is 4.79 Å². The number of ketones is 1. The van der Waals surface area contributed by atoms with Gasteiger partial charge in [0.1, 0.15) is 5.82 Å². The fraction of sp³-hybridized carbons (Fsp3) is 0.278. The number of hydrogen-bond donors (Lipinski definition) is 3. The van der Waals surface area contributed by atoms with E-state index in [0.29, 0.717) is 23.4 Å². The number of rotatable bonds is 1. The third kappa shape index (κ3) is 2.22. The molecule has 3 N–H and O–H groups in total. The lowest BCUT2D eigenvalue weighted by atomic mass is 9.76. The number of hydrogen-bond acceptors (Lipinski definition) is 4. The van der Waals surface area contributed by atoms with E-state index in [9.17, 15) is 14.4 Å². The van der Waals surface area contributed by atoms with Crippen LogP contribution in [0.2, 0.25) is 0 Å². The quantitative estimate of drug-likeness (QED) is 0.747. The summed E-state index contributed by atoms with van der Waals surface area (Å²) in [6.07, 6.45) is 1.99. The van der Waals surface area contributed by atoms with Gasteiger partial charge in [0.15, 0.2) is 5.78 Å². The van der Waals surface area contributed by atoms with Crippen LogP contribution in [0.1, 0.15) is 41.9 Å². The van der Waals surface area contributed by atoms with E-state index in [4.69, 9.17) is 0 Å². The van der Waals surface area contributed by atoms with Crippen molar-refractivity contribution in [1.29, 1.82) is 0 Å². The van der Waals surface area contributed by atoms with Crippen molar-refractivity contribution in [3.8, 4) is 0 Å². The number of anilines is 1. The van der Waals surface area contributed by atoms with Crippen LogP contribution in [-0.2, 0) is 4.79 Å². The summed E-state index contributed by atoms with van der Waals surface area (Å²) in [6.45, 7) is 1.99. The fourth-order valence-corrected chi connectivity index (χ4v) is 3.59. The number of benzene rings is 1. The number of nitrogens with one attached hydrogen (secondary N) is 3. The van der Waals surface area contributed by atoms with Crippen LogP contribution in [0, 0.1) is 6.92 Å². The number of carbonyl (C=O) groups excluding carboxylic acids is 1. The van der Waals surface area contributed by atoms with Crippen LogP contribution in [0.3, 0.4) is 0 Å². The molecule has 0 unspecified atom stereocenters. The molecule has 2 heterocycles. The van der Waals surface area contributed by atoms with Crippen LogP contribution in [0.4, 0.5) is 5.82 Å². The molecule has 122 valence electrons. The standard InChI is InChI=1S/C18H17N3O3/c1-9-5-7-10(8-6-9)13-14-11(3-2-4-12(14)22)19-16-15(13)17(23)21-18(24)20-16/h5-8,13H,2-4H2,1H3,(H3,19,20,21,23,24)/t13-/m0/s1. The second-order valence-corrected chi connectivity index (χ2v) is 6.33. The van der Waals surface area contributed by atoms with Crippen LogP contribution < -0.4 is 16.6 Å². The number of fused-ring (bicyclic) bond motifs is 1. The second-order valence-electron chi connectivity index (χ2n) is 6.33. The molecule has 0 radical (unpaired) electrons. The highest BCUT2D eigenvalue weighted by atomic mass is 16.2. The van der Waals surface area contributed by atoms with Gasteiger partial charge >= 0.3 is 5.69 Å². The Morgan fingerprint density at radius 2 is 1.75 bits per heavy atom. The average Bonchev–Trinajstić information content (AvgIpc) is 2.54. The number of aromatic amines is 2. The van der Waals surface area contributed by atoms with Gasteiger partial charge in [-0.05, 0) is 25.3 Å². The van der Waals surface area contributed by atoms with E-state index < -0.39 is 17.2 Å². The largest absolute Gasteiger partial charge is 0.344 e. The number of carbonyl (C=O) groups is 1. The van der Waals surface area contributed by atoms with Crippen molar-refractivity contribution in [3.05, 3.63) is 73.1 Å². The van der Waals surface area contributed by atoms with E-state index in [0.717, 1.165) is 29.7 Å². The fourth-order valence-electron chi connectivity index (χ4n) is 3.59. The zero-order chi connectivity index (χ0) is 16.8. The lowest BCUT2D eigenvalue weighted by Gasteiger charge is -2.32. The van der Waals surface area contributed by atoms with Gasteiger partial charge in [0.05, 0.1) is 5.56 Å². The summed E-state index contributed by atoms with van der Waals surface area (Å²) in [5.41, 5.74) is 2.82. The predicted molar refractivity (Wildman–Crippen MR) is 90.2 cm³/mol. The van der Waals surface area contributed by atoms with Gasteiger partial charge in [-0.3, -0.25) is 19.6 Å². The first-order valence-electron chi connectivity index (χ1n) is 8.01. The molecule has 4 rings (SSSR count). The smallest absolute Gasteiger partial charge is 0.327 e. The van der Waals surface area contributed by atoms with Crippen LogP contribution in [0.25, 0.3) is 0 Å². The van der Waals surface area contributed by atoms with Crippen LogP contribution in [0.5, 0.6) is 0 Å². The first-order valence-corrected chi connectivity index (χ1v) is 8.01. The molecule has 1 aromatic carbocycles. The molecule has 2 aliphatic rings. The summed E-state index contributed by atoms with van der Waals surface area (Å²) in [5.74, 6) is -0.00130. The first kappa shape index (κ1) is 14.7. The van der Waals surface area contributed by atoms with E-state index in [2.05, 4.69) is 15.3 Å². The summed E-state index contributed by atoms with van der Waals surface area (Å²) in [5, 5.41) is 3.11. The summed E-state index contributed by atoms with van der Waals surface area (Å²) >= 11 is 0. The Morgan fingerprint density at radius 3 is 2.50 bits per heavy atom. The third-order valence-electron chi connectivity index (χ3n) is 4.70. The molecule has 0 saturated carbocycles. The SMILES string of the molecule is Cc1ccc([C@H]2C3=C(CCCC3=O)Nc3[nH]c(=O)[nH]c(=O)c32)cc1. The normalized spacial score (nSPS) is 19.5. The highest BCUT2D eigenvalue weighted by Gasteiger charge is 2.37. The molecule has 0 amide bonds. The van der Waals surface area contributed by atoms with Gasteiger partial charge in [-0.15, -0.1) is 0 Å². The lowest BCUT2D eigenvalue weighted by molar-refractivity contribution is -0.116. The maximum absolute atomic E-state index is 12.6. The summed E-state index contributed by atoms with van der Waals surface area (Å²) < 4.78 is 0. The summed E-state index contributed by atoms with van der Waals surface area (Å²) in [7, 11) is 0. The Balaban J connectivity index is 2.01. The molecule has 0 saturated heterocycles. The minimum absolute atomic E-state index is 0.0607. The highest BCUT2D eigenvalue weighted by Crippen LogP contribution is 2.42. The molecular weight excluding hydrogens is 306 g/mol. The monoisotopic (exact) mass is 323 g/mol. The van der Waals surface area contributed by atoms with Crippen LogP contribution >= 0.6 is 0 Å². The Bertz CT molecular complexity index is 980. The van der Waals surface area contributed by atoms with Gasteiger partial charge in [-0.25, -0.2) is 4.79 Å². The Hall–Kier alpha value is -2.89. The maximum Gasteiger partial charge on any atom is 0.327 e. The molecule has 2 aromatic rings. The van der Waals surface area contributed by atoms with Gasteiger partial charge in [0.2, 0.25) is 0 Å². The van der Waals surface area contributed by atoms with E-state index in [1.165, 1.54) is 0 Å². The van der Waals surface area contributed by atoms with E-state index in [1.54, 1.807) is 0 Å². The van der Waals surface area contributed by atoms with Crippen LogP contribution in [-0.4, -0.2) is 15.8 Å². The second kappa shape index (κ2) is 5.33. The molecular formula is C18H17N3O3. The number of allylic oxidation sites excluding steroid dienone is 2. The van der Waals surface area contributed by atoms with Crippen LogP contribution in [0.15, 0.2) is 45.1 Å². The number of Topliss-reactive ketones (excluding diaryl/α,β-unsaturated/α-hetero) is 1. The molecule has 1 aromatic heterocycles. The first-order chi connectivity index (χ1) is 11.5. The molecule has 0 bridgehead atoms. The minimum atomic E-state index is -0.555. The number of aromatic nitrogens is 2. The Kier molecular flexibility index (Phi) is 3.26. The minimum Gasteiger partial charge on any atom is -0.344 e. The van der Waals surface area contributed by atoms with Crippen molar-refractivity contribution in [3.63, 3.8) is 0 Å². The third-order valence-corrected chi connectivity index (χ3v) is 4.70. The maximum atomic E-state index is 12.6. The number of H-pyrrole nitrogens is 2. The number of aryl methyl sites for hydroxylation is 1. The van der Waals surface area contributed by atoms with Gasteiger partial charge in [0, 0.05) is 23.6 Å². The van der Waals surface area contributed by atoms with Gasteiger partial charge in [-0.1, -0.05) is 29.8 Å². The lowest BCUT2D eigenvalue weighted by Crippen LogP contribution is -2.36. The molecule has 0 spiro atoms. The molecule has 6 nitrogen and oxygen atoms in total. The molecule has 24 heavy (non-hydrogen) atoms. The molecule has 6 heteroatoms. The van der Waals surface area contributed by atoms with E-state index >= 15 is 0 Å². The summed E-state index contributed by atoms with van der Waals surface area (Å²) in [6, 6.07) is 7.80. The van der Waals surface area contributed by atoms with Crippen molar-refractivity contribution in [2.75, 3.05) is 5.32 Å². The topological polar surface area (TPSA) is 94.8 Å². The highest BCUT2D eigenvalue weighted by molar-refractivity contribution is 6.00. The Labute approximate surface area is 137 Å². The molecule has 0 fully saturated rings. The van der Waals surface area contributed by atoms with Crippen molar-refractivity contribution in [2.24, 2.45) is 0 Å². The molecule has 1 aliphatic heterocycles. The predicted octanol–water partition coefficient (Wildman–Crippen LogP) is 1.94. The molecule has 1 aliphatic carbocycles. The van der Waals surface area contributed by atoms with E-state index in [1.807, 2.05) is 31.2 Å². The van der Waals surface area contributed by atoms with Crippen molar-refractivity contribution >= 4 is 11.6 Å². The average molecular weight is 323 g/mol.